The predicted octanol–water partition coefficient (Wildman–Crippen LogP) is 2.91. The number of hydrogen-bond donors (Lipinski definition) is 2. The maximum absolute atomic E-state index is 10.2. The monoisotopic (exact) mass is 338 g/mol. The first-order valence-electron chi connectivity index (χ1n) is 7.66. The Labute approximate surface area is 141 Å². The molecule has 1 aromatic heterocycles. The molecule has 0 saturated heterocycles. The Balaban J connectivity index is 1.66. The van der Waals surface area contributed by atoms with Crippen LogP contribution >= 0.6 is 11.3 Å². The number of ether oxygens (including phenoxy) is 1. The Morgan fingerprint density at radius 1 is 1.33 bits per heavy atom. The van der Waals surface area contributed by atoms with Gasteiger partial charge in [0, 0.05) is 18.3 Å². The highest BCUT2D eigenvalue weighted by atomic mass is 32.1. The fraction of sp³-hybridized carbons (Fsp3) is 0.176. The summed E-state index contributed by atoms with van der Waals surface area (Å²) in [4.78, 5) is 11.1. The first-order chi connectivity index (χ1) is 11.7. The third-order valence-corrected chi connectivity index (χ3v) is 5.31. The molecule has 0 bridgehead atoms. The fourth-order valence-corrected chi connectivity index (χ4v) is 4.17. The van der Waals surface area contributed by atoms with Gasteiger partial charge in [0.25, 0.3) is 0 Å². The molecule has 0 saturated carbocycles. The lowest BCUT2D eigenvalue weighted by atomic mass is 10.1. The van der Waals surface area contributed by atoms with Gasteiger partial charge in [-0.3, -0.25) is 0 Å². The van der Waals surface area contributed by atoms with E-state index >= 15 is 0 Å². The van der Waals surface area contributed by atoms with E-state index in [9.17, 15) is 5.11 Å². The van der Waals surface area contributed by atoms with Crippen molar-refractivity contribution < 1.29 is 9.84 Å². The molecular weight excluding hydrogens is 324 g/mol. The Morgan fingerprint density at radius 2 is 2.25 bits per heavy atom. The fourth-order valence-electron chi connectivity index (χ4n) is 3.40. The molecule has 3 aliphatic heterocycles. The molecule has 2 aromatic rings. The zero-order chi connectivity index (χ0) is 16.3. The van der Waals surface area contributed by atoms with Gasteiger partial charge in [-0.2, -0.15) is 0 Å². The van der Waals surface area contributed by atoms with E-state index < -0.39 is 0 Å². The first kappa shape index (κ1) is 13.6. The number of hydrogen-bond acceptors (Lipinski definition) is 7. The van der Waals surface area contributed by atoms with Crippen molar-refractivity contribution in [2.45, 2.75) is 6.42 Å². The minimum atomic E-state index is 0.125. The van der Waals surface area contributed by atoms with Crippen molar-refractivity contribution in [3.05, 3.63) is 58.8 Å². The average Bonchev–Trinajstić information content (AvgIpc) is 3.11. The van der Waals surface area contributed by atoms with Crippen LogP contribution in [0, 0.1) is 0 Å². The van der Waals surface area contributed by atoms with Crippen molar-refractivity contribution >= 4 is 32.5 Å². The number of thiazole rings is 1. The van der Waals surface area contributed by atoms with Crippen LogP contribution in [0.25, 0.3) is 10.2 Å². The van der Waals surface area contributed by atoms with Gasteiger partial charge in [0.05, 0.1) is 21.5 Å². The Morgan fingerprint density at radius 3 is 3.17 bits per heavy atom. The highest BCUT2D eigenvalue weighted by Gasteiger charge is 2.34. The van der Waals surface area contributed by atoms with Gasteiger partial charge < -0.3 is 20.5 Å². The molecule has 24 heavy (non-hydrogen) atoms. The van der Waals surface area contributed by atoms with E-state index in [4.69, 9.17) is 10.5 Å². The summed E-state index contributed by atoms with van der Waals surface area (Å²) in [6, 6.07) is 6.06. The number of nitrogen functional groups attached to an aromatic ring is 1. The van der Waals surface area contributed by atoms with Gasteiger partial charge in [-0.1, -0.05) is 11.3 Å². The van der Waals surface area contributed by atoms with Gasteiger partial charge in [-0.25, -0.2) is 9.98 Å². The quantitative estimate of drug-likeness (QED) is 0.835. The number of anilines is 1. The number of benzene rings is 1. The molecule has 1 aromatic carbocycles. The van der Waals surface area contributed by atoms with Crippen LogP contribution in [0.3, 0.4) is 0 Å². The van der Waals surface area contributed by atoms with Gasteiger partial charge in [-0.15, -0.1) is 0 Å². The number of nitrogens with two attached hydrogens (primary N) is 1. The molecule has 0 atom stereocenters. The third kappa shape index (κ3) is 1.88. The number of aliphatic hydroxyl groups excluding tert-OH is 1. The Bertz CT molecular complexity index is 999. The van der Waals surface area contributed by atoms with Crippen LogP contribution in [0.1, 0.15) is 12.0 Å². The lowest BCUT2D eigenvalue weighted by molar-refractivity contribution is 0.259. The molecule has 6 nitrogen and oxygen atoms in total. The highest BCUT2D eigenvalue weighted by Crippen LogP contribution is 2.38. The summed E-state index contributed by atoms with van der Waals surface area (Å²) >= 11 is 1.47. The number of aliphatic hydroxyl groups is 1. The van der Waals surface area contributed by atoms with E-state index in [1.165, 1.54) is 23.2 Å². The van der Waals surface area contributed by atoms with Gasteiger partial charge >= 0.3 is 0 Å². The molecule has 3 N–H and O–H groups in total. The number of aliphatic imine (C=N–C) groups is 1. The van der Waals surface area contributed by atoms with Crippen molar-refractivity contribution in [2.75, 3.05) is 18.9 Å². The average molecular weight is 338 g/mol. The lowest BCUT2D eigenvalue weighted by Gasteiger charge is -2.28. The summed E-state index contributed by atoms with van der Waals surface area (Å²) < 4.78 is 6.47. The van der Waals surface area contributed by atoms with E-state index in [-0.39, 0.29) is 5.76 Å². The summed E-state index contributed by atoms with van der Waals surface area (Å²) in [5, 5.41) is 10.7. The minimum absolute atomic E-state index is 0.125. The molecule has 0 aliphatic carbocycles. The molecule has 0 amide bonds. The van der Waals surface area contributed by atoms with E-state index in [0.717, 1.165) is 45.9 Å². The standard InChI is InChI=1S/C17H14N4O2S/c18-17-20-12-2-1-9(5-14(12)24-17)16-19-6-11-13(22)8-23-7-10-3-4-21(16)15(10)11/h1-2,5-6,8,22H,3-4,7H2,(H2,18,20). The summed E-state index contributed by atoms with van der Waals surface area (Å²) in [6.45, 7) is 1.34. The Kier molecular flexibility index (Phi) is 2.75. The van der Waals surface area contributed by atoms with E-state index in [2.05, 4.69) is 20.9 Å². The summed E-state index contributed by atoms with van der Waals surface area (Å²) in [6.07, 6.45) is 4.02. The molecule has 0 radical (unpaired) electrons. The molecule has 7 heteroatoms. The summed E-state index contributed by atoms with van der Waals surface area (Å²) in [7, 11) is 0. The third-order valence-electron chi connectivity index (χ3n) is 4.46. The zero-order valence-corrected chi connectivity index (χ0v) is 13.5. The van der Waals surface area contributed by atoms with Gasteiger partial charge in [0.2, 0.25) is 0 Å². The van der Waals surface area contributed by atoms with Crippen LogP contribution in [-0.2, 0) is 4.74 Å². The van der Waals surface area contributed by atoms with Crippen LogP contribution in [0.2, 0.25) is 0 Å². The number of rotatable bonds is 1. The predicted molar refractivity (Wildman–Crippen MR) is 93.7 cm³/mol. The summed E-state index contributed by atoms with van der Waals surface area (Å²) in [5.74, 6) is 1.01. The number of nitrogens with zero attached hydrogens (tertiary/aromatic N) is 3. The number of fused-ring (bicyclic) bond motifs is 1. The smallest absolute Gasteiger partial charge is 0.181 e. The highest BCUT2D eigenvalue weighted by molar-refractivity contribution is 7.22. The van der Waals surface area contributed by atoms with Crippen LogP contribution in [-0.4, -0.2) is 34.0 Å². The van der Waals surface area contributed by atoms with Crippen LogP contribution < -0.4 is 5.73 Å². The molecule has 3 aliphatic rings. The second-order valence-electron chi connectivity index (χ2n) is 5.90. The summed E-state index contributed by atoms with van der Waals surface area (Å²) in [5.41, 5.74) is 10.7. The maximum atomic E-state index is 10.2. The van der Waals surface area contributed by atoms with E-state index in [1.54, 1.807) is 6.20 Å². The van der Waals surface area contributed by atoms with Crippen molar-refractivity contribution in [2.24, 2.45) is 4.99 Å². The first-order valence-corrected chi connectivity index (χ1v) is 8.48. The van der Waals surface area contributed by atoms with E-state index in [0.29, 0.717) is 11.7 Å². The van der Waals surface area contributed by atoms with Crippen molar-refractivity contribution in [1.29, 1.82) is 0 Å². The molecule has 0 fully saturated rings. The molecular formula is C17H14N4O2S. The molecule has 120 valence electrons. The van der Waals surface area contributed by atoms with Crippen LogP contribution in [0.5, 0.6) is 0 Å². The Hall–Kier alpha value is -2.80. The topological polar surface area (TPSA) is 84.0 Å². The number of aromatic nitrogens is 1. The number of amidine groups is 1. The second-order valence-corrected chi connectivity index (χ2v) is 6.96. The largest absolute Gasteiger partial charge is 0.504 e. The zero-order valence-electron chi connectivity index (χ0n) is 12.7. The van der Waals surface area contributed by atoms with Crippen molar-refractivity contribution in [1.82, 2.24) is 9.88 Å². The molecule has 4 heterocycles. The molecule has 5 rings (SSSR count). The van der Waals surface area contributed by atoms with Crippen LogP contribution in [0.15, 0.2) is 58.3 Å². The van der Waals surface area contributed by atoms with Gasteiger partial charge in [0.1, 0.15) is 18.7 Å². The molecule has 0 unspecified atom stereocenters. The minimum Gasteiger partial charge on any atom is -0.504 e. The van der Waals surface area contributed by atoms with Gasteiger partial charge in [-0.05, 0) is 30.2 Å². The maximum Gasteiger partial charge on any atom is 0.181 e. The van der Waals surface area contributed by atoms with Gasteiger partial charge in [0.15, 0.2) is 10.9 Å². The normalized spacial score (nSPS) is 19.5. The second kappa shape index (κ2) is 4.85. The lowest BCUT2D eigenvalue weighted by Crippen LogP contribution is -2.31. The van der Waals surface area contributed by atoms with Crippen molar-refractivity contribution in [3.63, 3.8) is 0 Å². The van der Waals surface area contributed by atoms with E-state index in [1.807, 2.05) is 12.1 Å². The molecule has 0 spiro atoms. The van der Waals surface area contributed by atoms with Crippen molar-refractivity contribution in [3.8, 4) is 0 Å². The van der Waals surface area contributed by atoms with Crippen LogP contribution in [0.4, 0.5) is 5.13 Å². The SMILES string of the molecule is Nc1nc2ccc(C3=NC=C4C(O)=COCC5=C4N3CC5)cc2s1.